The minimum Gasteiger partial charge on any atom is -0.393 e. The number of halogens is 1. The van der Waals surface area contributed by atoms with Crippen LogP contribution in [0.5, 0.6) is 0 Å². The quantitative estimate of drug-likeness (QED) is 0.647. The first-order valence-electron chi connectivity index (χ1n) is 9.47. The van der Waals surface area contributed by atoms with Crippen molar-refractivity contribution in [3.05, 3.63) is 69.9 Å². The van der Waals surface area contributed by atoms with Crippen LogP contribution in [-0.2, 0) is 6.54 Å². The molecule has 0 radical (unpaired) electrons. The SMILES string of the molecule is O=C(NCc1ccccc1F)c1ccc2c(c1)[nH]c(=O)n2C1CCC(O)CC1. The van der Waals surface area contributed by atoms with Crippen LogP contribution >= 0.6 is 0 Å². The number of rotatable bonds is 4. The number of carbonyl (C=O) groups excluding carboxylic acids is 1. The molecule has 4 rings (SSSR count). The van der Waals surface area contributed by atoms with Gasteiger partial charge in [-0.3, -0.25) is 9.36 Å². The average molecular weight is 383 g/mol. The van der Waals surface area contributed by atoms with Gasteiger partial charge in [-0.15, -0.1) is 0 Å². The Hall–Kier alpha value is -2.93. The number of amides is 1. The van der Waals surface area contributed by atoms with Crippen molar-refractivity contribution in [2.45, 2.75) is 44.4 Å². The molecule has 146 valence electrons. The van der Waals surface area contributed by atoms with Crippen LogP contribution in [0.1, 0.15) is 47.6 Å². The van der Waals surface area contributed by atoms with E-state index >= 15 is 0 Å². The molecule has 1 saturated carbocycles. The van der Waals surface area contributed by atoms with Crippen molar-refractivity contribution in [1.29, 1.82) is 0 Å². The van der Waals surface area contributed by atoms with E-state index in [-0.39, 0.29) is 36.1 Å². The molecular formula is C21H22FN3O3. The summed E-state index contributed by atoms with van der Waals surface area (Å²) >= 11 is 0. The lowest BCUT2D eigenvalue weighted by Gasteiger charge is -2.26. The molecule has 0 saturated heterocycles. The van der Waals surface area contributed by atoms with E-state index < -0.39 is 0 Å². The van der Waals surface area contributed by atoms with Crippen LogP contribution in [-0.4, -0.2) is 26.7 Å². The number of nitrogens with one attached hydrogen (secondary N) is 2. The number of hydrogen-bond donors (Lipinski definition) is 3. The highest BCUT2D eigenvalue weighted by molar-refractivity contribution is 5.97. The first-order chi connectivity index (χ1) is 13.5. The molecule has 0 unspecified atom stereocenters. The Balaban J connectivity index is 1.54. The molecule has 0 bridgehead atoms. The molecule has 3 N–H and O–H groups in total. The number of aromatic amines is 1. The van der Waals surface area contributed by atoms with E-state index in [4.69, 9.17) is 0 Å². The molecule has 1 fully saturated rings. The summed E-state index contributed by atoms with van der Waals surface area (Å²) in [4.78, 5) is 27.7. The molecule has 1 aliphatic rings. The van der Waals surface area contributed by atoms with E-state index in [1.54, 1.807) is 41.0 Å². The predicted octanol–water partition coefficient (Wildman–Crippen LogP) is 2.87. The number of fused-ring (bicyclic) bond motifs is 1. The predicted molar refractivity (Wildman–Crippen MR) is 104 cm³/mol. The maximum atomic E-state index is 13.7. The second-order valence-corrected chi connectivity index (χ2v) is 7.27. The van der Waals surface area contributed by atoms with Crippen molar-refractivity contribution in [3.8, 4) is 0 Å². The zero-order valence-electron chi connectivity index (χ0n) is 15.3. The molecule has 1 amide bonds. The van der Waals surface area contributed by atoms with E-state index in [0.717, 1.165) is 18.4 Å². The van der Waals surface area contributed by atoms with E-state index in [0.29, 0.717) is 29.5 Å². The standard InChI is InChI=1S/C21H22FN3O3/c22-17-4-2-1-3-14(17)12-23-20(27)13-5-10-19-18(11-13)24-21(28)25(19)15-6-8-16(26)9-7-15/h1-5,10-11,15-16,26H,6-9,12H2,(H,23,27)(H,24,28). The number of hydrogen-bond acceptors (Lipinski definition) is 3. The van der Waals surface area contributed by atoms with Gasteiger partial charge in [-0.1, -0.05) is 18.2 Å². The van der Waals surface area contributed by atoms with Gasteiger partial charge in [-0.05, 0) is 49.9 Å². The fourth-order valence-electron chi connectivity index (χ4n) is 3.87. The number of carbonyl (C=O) groups is 1. The Morgan fingerprint density at radius 3 is 2.68 bits per heavy atom. The largest absolute Gasteiger partial charge is 0.393 e. The molecule has 1 heterocycles. The average Bonchev–Trinajstić information content (AvgIpc) is 3.02. The summed E-state index contributed by atoms with van der Waals surface area (Å²) in [5, 5.41) is 12.4. The third-order valence-electron chi connectivity index (χ3n) is 5.41. The number of nitrogens with zero attached hydrogens (tertiary/aromatic N) is 1. The smallest absolute Gasteiger partial charge is 0.326 e. The molecule has 0 atom stereocenters. The third-order valence-corrected chi connectivity index (χ3v) is 5.41. The second kappa shape index (κ2) is 7.59. The Kier molecular flexibility index (Phi) is 5.00. The molecule has 2 aromatic carbocycles. The molecule has 3 aromatic rings. The van der Waals surface area contributed by atoms with Gasteiger partial charge in [0.1, 0.15) is 5.82 Å². The minimum absolute atomic E-state index is 0.0467. The van der Waals surface area contributed by atoms with E-state index in [1.165, 1.54) is 6.07 Å². The maximum Gasteiger partial charge on any atom is 0.326 e. The van der Waals surface area contributed by atoms with Crippen molar-refractivity contribution < 1.29 is 14.3 Å². The molecule has 0 spiro atoms. The van der Waals surface area contributed by atoms with Crippen LogP contribution in [0, 0.1) is 5.82 Å². The van der Waals surface area contributed by atoms with E-state index in [9.17, 15) is 19.1 Å². The summed E-state index contributed by atoms with van der Waals surface area (Å²) in [6, 6.07) is 11.4. The zero-order chi connectivity index (χ0) is 19.7. The highest BCUT2D eigenvalue weighted by Gasteiger charge is 2.24. The summed E-state index contributed by atoms with van der Waals surface area (Å²) in [5.74, 6) is -0.697. The van der Waals surface area contributed by atoms with E-state index in [2.05, 4.69) is 10.3 Å². The van der Waals surface area contributed by atoms with Crippen molar-refractivity contribution in [2.24, 2.45) is 0 Å². The normalized spacial score (nSPS) is 19.6. The van der Waals surface area contributed by atoms with Gasteiger partial charge in [-0.25, -0.2) is 9.18 Å². The van der Waals surface area contributed by atoms with Crippen LogP contribution in [0.3, 0.4) is 0 Å². The maximum absolute atomic E-state index is 13.7. The van der Waals surface area contributed by atoms with E-state index in [1.807, 2.05) is 0 Å². The Bertz CT molecular complexity index is 1060. The summed E-state index contributed by atoms with van der Waals surface area (Å²) in [6.45, 7) is 0.0888. The fourth-order valence-corrected chi connectivity index (χ4v) is 3.87. The molecule has 7 heteroatoms. The van der Waals surface area contributed by atoms with Gasteiger partial charge in [0.15, 0.2) is 0 Å². The van der Waals surface area contributed by atoms with Crippen molar-refractivity contribution >= 4 is 16.9 Å². The minimum atomic E-state index is -0.364. The lowest BCUT2D eigenvalue weighted by atomic mass is 9.93. The number of aromatic nitrogens is 2. The molecule has 1 aromatic heterocycles. The van der Waals surface area contributed by atoms with Crippen LogP contribution in [0.4, 0.5) is 4.39 Å². The molecule has 1 aliphatic carbocycles. The number of H-pyrrole nitrogens is 1. The van der Waals surface area contributed by atoms with Crippen LogP contribution in [0.2, 0.25) is 0 Å². The van der Waals surface area contributed by atoms with Gasteiger partial charge in [0, 0.05) is 23.7 Å². The van der Waals surface area contributed by atoms with Crippen molar-refractivity contribution in [3.63, 3.8) is 0 Å². The summed E-state index contributed by atoms with van der Waals surface area (Å²) in [6.07, 6.45) is 2.57. The Morgan fingerprint density at radius 1 is 1.18 bits per heavy atom. The van der Waals surface area contributed by atoms with Gasteiger partial charge in [0.2, 0.25) is 0 Å². The second-order valence-electron chi connectivity index (χ2n) is 7.27. The molecule has 6 nitrogen and oxygen atoms in total. The highest BCUT2D eigenvalue weighted by atomic mass is 19.1. The number of aliphatic hydroxyl groups excluding tert-OH is 1. The lowest BCUT2D eigenvalue weighted by molar-refractivity contribution is 0.0950. The van der Waals surface area contributed by atoms with Gasteiger partial charge in [0.25, 0.3) is 5.91 Å². The summed E-state index contributed by atoms with van der Waals surface area (Å²) in [5.41, 5.74) is 1.94. The zero-order valence-corrected chi connectivity index (χ0v) is 15.3. The molecule has 0 aliphatic heterocycles. The van der Waals surface area contributed by atoms with Crippen LogP contribution < -0.4 is 11.0 Å². The van der Waals surface area contributed by atoms with Crippen molar-refractivity contribution in [1.82, 2.24) is 14.9 Å². The van der Waals surface area contributed by atoms with Gasteiger partial charge in [0.05, 0.1) is 17.1 Å². The van der Waals surface area contributed by atoms with Gasteiger partial charge < -0.3 is 15.4 Å². The number of aliphatic hydroxyl groups is 1. The first-order valence-corrected chi connectivity index (χ1v) is 9.47. The first kappa shape index (κ1) is 18.4. The lowest BCUT2D eigenvalue weighted by Crippen LogP contribution is -2.27. The van der Waals surface area contributed by atoms with Gasteiger partial charge in [-0.2, -0.15) is 0 Å². The number of imidazole rings is 1. The van der Waals surface area contributed by atoms with Crippen LogP contribution in [0.15, 0.2) is 47.3 Å². The summed E-state index contributed by atoms with van der Waals surface area (Å²) in [7, 11) is 0. The van der Waals surface area contributed by atoms with Crippen LogP contribution in [0.25, 0.3) is 11.0 Å². The van der Waals surface area contributed by atoms with Crippen molar-refractivity contribution in [2.75, 3.05) is 0 Å². The summed E-state index contributed by atoms with van der Waals surface area (Å²) < 4.78 is 15.4. The van der Waals surface area contributed by atoms with Gasteiger partial charge >= 0.3 is 5.69 Å². The molecule has 28 heavy (non-hydrogen) atoms. The topological polar surface area (TPSA) is 87.1 Å². The monoisotopic (exact) mass is 383 g/mol. The fraction of sp³-hybridized carbons (Fsp3) is 0.333. The Labute approximate surface area is 161 Å². The Morgan fingerprint density at radius 2 is 1.93 bits per heavy atom. The third kappa shape index (κ3) is 3.57. The highest BCUT2D eigenvalue weighted by Crippen LogP contribution is 2.29. The number of benzene rings is 2. The molecular weight excluding hydrogens is 361 g/mol.